The molecular weight excluding hydrogens is 490 g/mol. The Morgan fingerprint density at radius 3 is 1.38 bits per heavy atom. The van der Waals surface area contributed by atoms with E-state index in [1.165, 1.54) is 80.9 Å². The van der Waals surface area contributed by atoms with Crippen LogP contribution in [-0.2, 0) is 10.3 Å². The molecule has 0 amide bonds. The van der Waals surface area contributed by atoms with Crippen molar-refractivity contribution < 1.29 is 9.90 Å². The normalized spacial score (nSPS) is 18.5. The summed E-state index contributed by atoms with van der Waals surface area (Å²) >= 11 is 0. The Balaban J connectivity index is 1.59. The number of benzene rings is 3. The van der Waals surface area contributed by atoms with E-state index in [0.29, 0.717) is 18.5 Å². The molecule has 0 aliphatic carbocycles. The predicted molar refractivity (Wildman–Crippen MR) is 167 cm³/mol. The molecule has 0 spiro atoms. The summed E-state index contributed by atoms with van der Waals surface area (Å²) < 4.78 is 0. The summed E-state index contributed by atoms with van der Waals surface area (Å²) in [4.78, 5) is 13.7. The Morgan fingerprint density at radius 2 is 0.975 bits per heavy atom. The molecule has 1 saturated heterocycles. The highest BCUT2D eigenvalue weighted by molar-refractivity contribution is 5.66. The molecule has 1 fully saturated rings. The van der Waals surface area contributed by atoms with Gasteiger partial charge in [-0.3, -0.25) is 9.69 Å². The first-order chi connectivity index (χ1) is 19.7. The van der Waals surface area contributed by atoms with Crippen LogP contribution in [-0.4, -0.2) is 28.1 Å². The van der Waals surface area contributed by atoms with Crippen molar-refractivity contribution in [1.82, 2.24) is 4.90 Å². The Hall–Kier alpha value is -2.91. The first kappa shape index (κ1) is 30.1. The number of rotatable bonds is 19. The van der Waals surface area contributed by atoms with Crippen molar-refractivity contribution in [3.8, 4) is 0 Å². The van der Waals surface area contributed by atoms with E-state index in [1.807, 2.05) is 0 Å². The second-order valence-corrected chi connectivity index (χ2v) is 11.6. The molecule has 1 aliphatic rings. The smallest absolute Gasteiger partial charge is 0.303 e. The fraction of sp³-hybridized carbons (Fsp3) is 0.486. The third-order valence-electron chi connectivity index (χ3n) is 8.77. The minimum atomic E-state index is -0.676. The van der Waals surface area contributed by atoms with Gasteiger partial charge in [-0.15, -0.1) is 0 Å². The maximum Gasteiger partial charge on any atom is 0.303 e. The van der Waals surface area contributed by atoms with E-state index in [0.717, 1.165) is 19.3 Å². The van der Waals surface area contributed by atoms with Crippen LogP contribution >= 0.6 is 0 Å². The molecule has 0 saturated carbocycles. The van der Waals surface area contributed by atoms with Crippen molar-refractivity contribution in [2.24, 2.45) is 0 Å². The zero-order valence-electron chi connectivity index (χ0n) is 24.5. The minimum absolute atomic E-state index is 0.296. The van der Waals surface area contributed by atoms with Crippen molar-refractivity contribution in [1.29, 1.82) is 0 Å². The van der Waals surface area contributed by atoms with E-state index in [4.69, 9.17) is 5.11 Å². The molecule has 3 aromatic carbocycles. The average molecular weight is 540 g/mol. The van der Waals surface area contributed by atoms with E-state index in [1.54, 1.807) is 0 Å². The van der Waals surface area contributed by atoms with Crippen LogP contribution in [0.15, 0.2) is 91.0 Å². The predicted octanol–water partition coefficient (Wildman–Crippen LogP) is 9.60. The zero-order chi connectivity index (χ0) is 28.0. The number of carboxylic acids is 1. The first-order valence-electron chi connectivity index (χ1n) is 15.9. The van der Waals surface area contributed by atoms with Gasteiger partial charge in [-0.05, 0) is 36.0 Å². The van der Waals surface area contributed by atoms with Crippen LogP contribution in [0.25, 0.3) is 0 Å². The lowest BCUT2D eigenvalue weighted by Crippen LogP contribution is -2.39. The lowest BCUT2D eigenvalue weighted by molar-refractivity contribution is -0.137. The number of hydrogen-bond donors (Lipinski definition) is 1. The van der Waals surface area contributed by atoms with Crippen molar-refractivity contribution in [2.75, 3.05) is 0 Å². The van der Waals surface area contributed by atoms with Gasteiger partial charge in [-0.25, -0.2) is 0 Å². The van der Waals surface area contributed by atoms with E-state index >= 15 is 0 Å². The standard InChI is InChI=1S/C37H49NO2/c1-2-3-4-5-7-19-28-34-35(29-20-8-6-9-21-30-36(39)40)38(34)37(31-22-13-10-14-23-31,32-24-15-11-16-25-32)33-26-17-12-18-27-33/h10-18,22-27,34-35H,2-9,19-21,28-30H2,1H3,(H,39,40). The molecule has 214 valence electrons. The molecule has 1 N–H and O–H groups in total. The van der Waals surface area contributed by atoms with Gasteiger partial charge < -0.3 is 5.11 Å². The summed E-state index contributed by atoms with van der Waals surface area (Å²) in [6.45, 7) is 2.29. The third-order valence-corrected chi connectivity index (χ3v) is 8.77. The van der Waals surface area contributed by atoms with E-state index in [9.17, 15) is 4.79 Å². The molecule has 3 atom stereocenters. The fourth-order valence-electron chi connectivity index (χ4n) is 6.77. The Labute approximate surface area is 242 Å². The minimum Gasteiger partial charge on any atom is -0.481 e. The maximum absolute atomic E-state index is 10.9. The summed E-state index contributed by atoms with van der Waals surface area (Å²) in [6, 6.07) is 34.5. The molecule has 0 radical (unpaired) electrons. The van der Waals surface area contributed by atoms with Gasteiger partial charge in [0.25, 0.3) is 0 Å². The fourth-order valence-corrected chi connectivity index (χ4v) is 6.77. The molecule has 3 aromatic rings. The second kappa shape index (κ2) is 15.8. The molecular formula is C37H49NO2. The van der Waals surface area contributed by atoms with Crippen LogP contribution < -0.4 is 0 Å². The number of aliphatic carboxylic acids is 1. The second-order valence-electron chi connectivity index (χ2n) is 11.6. The van der Waals surface area contributed by atoms with Gasteiger partial charge in [0.05, 0.1) is 5.54 Å². The van der Waals surface area contributed by atoms with Gasteiger partial charge in [0.2, 0.25) is 0 Å². The number of nitrogens with zero attached hydrogens (tertiary/aromatic N) is 1. The zero-order valence-corrected chi connectivity index (χ0v) is 24.5. The van der Waals surface area contributed by atoms with Crippen molar-refractivity contribution in [2.45, 2.75) is 114 Å². The quantitative estimate of drug-likeness (QED) is 0.0936. The van der Waals surface area contributed by atoms with Crippen LogP contribution in [0.3, 0.4) is 0 Å². The topological polar surface area (TPSA) is 40.3 Å². The Bertz CT molecular complexity index is 1020. The van der Waals surface area contributed by atoms with Gasteiger partial charge in [0.15, 0.2) is 0 Å². The number of carboxylic acid groups (broad SMARTS) is 1. The highest BCUT2D eigenvalue weighted by Crippen LogP contribution is 2.54. The Kier molecular flexibility index (Phi) is 11.8. The SMILES string of the molecule is CCCCCCCCC1C(CCCCCCCC(=O)O)N1C(c1ccccc1)(c1ccccc1)c1ccccc1. The van der Waals surface area contributed by atoms with Crippen LogP contribution in [0.2, 0.25) is 0 Å². The number of carbonyl (C=O) groups is 1. The number of unbranched alkanes of at least 4 members (excludes halogenated alkanes) is 9. The Morgan fingerprint density at radius 1 is 0.600 bits per heavy atom. The molecule has 0 aromatic heterocycles. The molecule has 3 unspecified atom stereocenters. The van der Waals surface area contributed by atoms with Gasteiger partial charge in [-0.2, -0.15) is 0 Å². The lowest BCUT2D eigenvalue weighted by atomic mass is 9.76. The van der Waals surface area contributed by atoms with Crippen molar-refractivity contribution >= 4 is 5.97 Å². The third kappa shape index (κ3) is 7.63. The molecule has 3 heteroatoms. The summed E-state index contributed by atoms with van der Waals surface area (Å²) in [6.07, 6.45) is 16.1. The van der Waals surface area contributed by atoms with Crippen LogP contribution in [0.1, 0.15) is 114 Å². The van der Waals surface area contributed by atoms with Crippen molar-refractivity contribution in [3.05, 3.63) is 108 Å². The molecule has 3 nitrogen and oxygen atoms in total. The average Bonchev–Trinajstić information content (AvgIpc) is 3.68. The summed E-state index contributed by atoms with van der Waals surface area (Å²) in [5.74, 6) is -0.676. The van der Waals surface area contributed by atoms with Gasteiger partial charge in [0, 0.05) is 18.5 Å². The number of hydrogen-bond acceptors (Lipinski definition) is 2. The van der Waals surface area contributed by atoms with Crippen LogP contribution in [0, 0.1) is 0 Å². The van der Waals surface area contributed by atoms with E-state index in [-0.39, 0.29) is 5.54 Å². The van der Waals surface area contributed by atoms with Crippen LogP contribution in [0.4, 0.5) is 0 Å². The summed E-state index contributed by atoms with van der Waals surface area (Å²) in [7, 11) is 0. The highest BCUT2D eigenvalue weighted by Gasteiger charge is 2.59. The van der Waals surface area contributed by atoms with Gasteiger partial charge >= 0.3 is 5.97 Å². The molecule has 40 heavy (non-hydrogen) atoms. The van der Waals surface area contributed by atoms with Gasteiger partial charge in [-0.1, -0.05) is 162 Å². The largest absolute Gasteiger partial charge is 0.481 e. The molecule has 1 heterocycles. The lowest BCUT2D eigenvalue weighted by Gasteiger charge is -2.39. The van der Waals surface area contributed by atoms with Gasteiger partial charge in [0.1, 0.15) is 0 Å². The summed E-state index contributed by atoms with van der Waals surface area (Å²) in [5, 5.41) is 8.94. The van der Waals surface area contributed by atoms with E-state index in [2.05, 4.69) is 103 Å². The van der Waals surface area contributed by atoms with Crippen LogP contribution in [0.5, 0.6) is 0 Å². The van der Waals surface area contributed by atoms with E-state index < -0.39 is 5.97 Å². The molecule has 1 aliphatic heterocycles. The highest BCUT2D eigenvalue weighted by atomic mass is 16.4. The first-order valence-corrected chi connectivity index (χ1v) is 15.9. The van der Waals surface area contributed by atoms with Crippen molar-refractivity contribution in [3.63, 3.8) is 0 Å². The summed E-state index contributed by atoms with van der Waals surface area (Å²) in [5.41, 5.74) is 3.72. The molecule has 0 bridgehead atoms. The molecule has 4 rings (SSSR count). The maximum atomic E-state index is 10.9. The monoisotopic (exact) mass is 539 g/mol.